The molecule has 2 aliphatic rings. The van der Waals surface area contributed by atoms with Crippen molar-refractivity contribution in [2.45, 2.75) is 50.1 Å². The van der Waals surface area contributed by atoms with Crippen LogP contribution in [0.15, 0.2) is 12.1 Å². The highest BCUT2D eigenvalue weighted by Crippen LogP contribution is 2.42. The van der Waals surface area contributed by atoms with Crippen LogP contribution in [0.25, 0.3) is 0 Å². The van der Waals surface area contributed by atoms with E-state index in [1.165, 1.54) is 11.0 Å². The zero-order valence-corrected chi connectivity index (χ0v) is 15.6. The van der Waals surface area contributed by atoms with Crippen molar-refractivity contribution in [2.75, 3.05) is 6.54 Å². The first-order valence-electron chi connectivity index (χ1n) is 8.96. The molecule has 2 atom stereocenters. The van der Waals surface area contributed by atoms with E-state index in [1.54, 1.807) is 0 Å². The maximum absolute atomic E-state index is 14.7. The lowest BCUT2D eigenvalue weighted by molar-refractivity contribution is -0.119. The number of alkyl halides is 2. The van der Waals surface area contributed by atoms with Crippen LogP contribution in [0.1, 0.15) is 43.7 Å². The number of hydrogen-bond donors (Lipinski definition) is 2. The Bertz CT molecular complexity index is 782. The first kappa shape index (κ1) is 20.7. The van der Waals surface area contributed by atoms with E-state index in [0.29, 0.717) is 0 Å². The van der Waals surface area contributed by atoms with Crippen LogP contribution in [0, 0.1) is 17.6 Å². The predicted molar refractivity (Wildman–Crippen MR) is 93.9 cm³/mol. The molecule has 1 aliphatic heterocycles. The largest absolute Gasteiger partial charge is 0.368 e. The molecule has 3 N–H and O–H groups in total. The summed E-state index contributed by atoms with van der Waals surface area (Å²) in [7, 11) is 0. The Hall–Kier alpha value is -2.03. The van der Waals surface area contributed by atoms with E-state index in [1.807, 2.05) is 0 Å². The molecule has 10 heteroatoms. The summed E-state index contributed by atoms with van der Waals surface area (Å²) in [5.74, 6) is -5.61. The van der Waals surface area contributed by atoms with Crippen molar-refractivity contribution in [3.05, 3.63) is 34.4 Å². The Morgan fingerprint density at radius 1 is 1.32 bits per heavy atom. The Kier molecular flexibility index (Phi) is 5.74. The van der Waals surface area contributed by atoms with Gasteiger partial charge in [-0.05, 0) is 31.2 Å². The van der Waals surface area contributed by atoms with E-state index in [0.717, 1.165) is 6.07 Å². The molecule has 154 valence electrons. The molecule has 3 rings (SSSR count). The molecule has 0 bridgehead atoms. The number of halogens is 5. The number of rotatable bonds is 5. The van der Waals surface area contributed by atoms with Crippen LogP contribution in [-0.2, 0) is 4.79 Å². The van der Waals surface area contributed by atoms with Crippen LogP contribution in [0.5, 0.6) is 0 Å². The summed E-state index contributed by atoms with van der Waals surface area (Å²) in [6, 6.07) is -0.301. The second-order valence-corrected chi connectivity index (χ2v) is 7.75. The predicted octanol–water partition coefficient (Wildman–Crippen LogP) is 3.75. The molecular weight excluding hydrogens is 402 g/mol. The fourth-order valence-electron chi connectivity index (χ4n) is 3.86. The number of primary amides is 1. The minimum atomic E-state index is -2.72. The molecule has 1 aromatic carbocycles. The van der Waals surface area contributed by atoms with Crippen molar-refractivity contribution in [1.29, 1.82) is 0 Å². The number of carbonyl (C=O) groups excluding carboxylic acids is 2. The number of benzene rings is 1. The smallest absolute Gasteiger partial charge is 0.318 e. The summed E-state index contributed by atoms with van der Waals surface area (Å²) >= 11 is 5.69. The number of urea groups is 1. The second-order valence-electron chi connectivity index (χ2n) is 7.37. The lowest BCUT2D eigenvalue weighted by Crippen LogP contribution is -2.39. The summed E-state index contributed by atoms with van der Waals surface area (Å²) < 4.78 is 55.2. The fourth-order valence-corrected chi connectivity index (χ4v) is 4.03. The van der Waals surface area contributed by atoms with Crippen molar-refractivity contribution >= 4 is 23.5 Å². The molecular formula is C18H20ClF4N3O2. The summed E-state index contributed by atoms with van der Waals surface area (Å²) in [5.41, 5.74) is 5.22. The molecule has 28 heavy (non-hydrogen) atoms. The highest BCUT2D eigenvalue weighted by molar-refractivity contribution is 6.31. The minimum Gasteiger partial charge on any atom is -0.368 e. The number of carbonyl (C=O) groups is 2. The number of nitrogens with zero attached hydrogens (tertiary/aromatic N) is 1. The third kappa shape index (κ3) is 4.19. The zero-order valence-electron chi connectivity index (χ0n) is 14.9. The normalized spacial score (nSPS) is 23.5. The van der Waals surface area contributed by atoms with E-state index in [4.69, 9.17) is 17.3 Å². The lowest BCUT2D eigenvalue weighted by Gasteiger charge is -2.34. The van der Waals surface area contributed by atoms with Gasteiger partial charge in [0, 0.05) is 18.4 Å². The number of amides is 3. The Morgan fingerprint density at radius 2 is 1.96 bits per heavy atom. The highest BCUT2D eigenvalue weighted by atomic mass is 35.5. The van der Waals surface area contributed by atoms with Crippen LogP contribution in [0.2, 0.25) is 5.02 Å². The summed E-state index contributed by atoms with van der Waals surface area (Å²) in [4.78, 5) is 25.0. The van der Waals surface area contributed by atoms with Crippen LogP contribution in [-0.4, -0.2) is 35.3 Å². The van der Waals surface area contributed by atoms with Gasteiger partial charge in [-0.3, -0.25) is 4.79 Å². The Labute approximate surface area is 164 Å². The van der Waals surface area contributed by atoms with E-state index in [2.05, 4.69) is 5.32 Å². The second kappa shape index (κ2) is 7.77. The molecule has 2 fully saturated rings. The third-order valence-electron chi connectivity index (χ3n) is 5.47. The minimum absolute atomic E-state index is 0.0241. The molecule has 1 heterocycles. The quantitative estimate of drug-likeness (QED) is 0.561. The molecule has 1 aliphatic carbocycles. The van der Waals surface area contributed by atoms with Crippen molar-refractivity contribution in [3.8, 4) is 0 Å². The topological polar surface area (TPSA) is 75.4 Å². The van der Waals surface area contributed by atoms with Gasteiger partial charge in [-0.2, -0.15) is 0 Å². The molecule has 0 aromatic heterocycles. The average Bonchev–Trinajstić information content (AvgIpc) is 3.02. The van der Waals surface area contributed by atoms with Gasteiger partial charge in [-0.1, -0.05) is 17.7 Å². The van der Waals surface area contributed by atoms with Crippen LogP contribution in [0.3, 0.4) is 0 Å². The maximum Gasteiger partial charge on any atom is 0.318 e. The maximum atomic E-state index is 14.7. The number of nitrogens with one attached hydrogen (secondary N) is 1. The van der Waals surface area contributed by atoms with Gasteiger partial charge < -0.3 is 16.0 Å². The molecule has 1 unspecified atom stereocenters. The first-order valence-corrected chi connectivity index (χ1v) is 9.34. The Balaban J connectivity index is 1.90. The van der Waals surface area contributed by atoms with Gasteiger partial charge in [0.05, 0.1) is 12.6 Å². The van der Waals surface area contributed by atoms with Gasteiger partial charge in [0.2, 0.25) is 11.8 Å². The molecule has 5 nitrogen and oxygen atoms in total. The molecule has 1 saturated carbocycles. The molecule has 0 spiro atoms. The van der Waals surface area contributed by atoms with Gasteiger partial charge in [0.25, 0.3) is 0 Å². The number of hydrogen-bond acceptors (Lipinski definition) is 2. The van der Waals surface area contributed by atoms with E-state index in [9.17, 15) is 27.2 Å². The van der Waals surface area contributed by atoms with Crippen LogP contribution in [0.4, 0.5) is 22.4 Å². The van der Waals surface area contributed by atoms with Gasteiger partial charge in [0.1, 0.15) is 22.7 Å². The van der Waals surface area contributed by atoms with Gasteiger partial charge in [-0.25, -0.2) is 22.4 Å². The van der Waals surface area contributed by atoms with Gasteiger partial charge in [-0.15, -0.1) is 0 Å². The standard InChI is InChI=1S/C18H20ClF4N3O2/c19-14-11(20)2-1-10(15(14)21)13(7-9-3-5-18(22,23)6-4-9)26-8-12(16(24)27)25-17(26)28/h1-2,9,12-13H,3-8H2,(H2,24,27)(H,25,28)/t12?,13-/m1/s1. The lowest BCUT2D eigenvalue weighted by atomic mass is 9.81. The zero-order chi connectivity index (χ0) is 20.6. The molecule has 1 aromatic rings. The molecule has 3 amide bonds. The highest BCUT2D eigenvalue weighted by Gasteiger charge is 2.41. The SMILES string of the molecule is NC(=O)C1CN([C@H](CC2CCC(F)(F)CC2)c2ccc(F)c(Cl)c2F)C(=O)N1. The van der Waals surface area contributed by atoms with Crippen molar-refractivity contribution in [1.82, 2.24) is 10.2 Å². The number of nitrogens with two attached hydrogens (primary N) is 1. The van der Waals surface area contributed by atoms with Crippen molar-refractivity contribution in [3.63, 3.8) is 0 Å². The fraction of sp³-hybridized carbons (Fsp3) is 0.556. The van der Waals surface area contributed by atoms with E-state index in [-0.39, 0.29) is 50.1 Å². The van der Waals surface area contributed by atoms with E-state index < -0.39 is 46.6 Å². The van der Waals surface area contributed by atoms with Gasteiger partial charge >= 0.3 is 6.03 Å². The van der Waals surface area contributed by atoms with E-state index >= 15 is 0 Å². The summed E-state index contributed by atoms with van der Waals surface area (Å²) in [6.07, 6.45) is 0.0532. The van der Waals surface area contributed by atoms with Crippen LogP contribution >= 0.6 is 11.6 Å². The summed E-state index contributed by atoms with van der Waals surface area (Å²) in [5, 5.41) is 1.71. The van der Waals surface area contributed by atoms with Crippen LogP contribution < -0.4 is 11.1 Å². The Morgan fingerprint density at radius 3 is 2.54 bits per heavy atom. The molecule has 0 radical (unpaired) electrons. The molecule has 1 saturated heterocycles. The van der Waals surface area contributed by atoms with Crippen molar-refractivity contribution in [2.24, 2.45) is 11.7 Å². The van der Waals surface area contributed by atoms with Crippen molar-refractivity contribution < 1.29 is 27.2 Å². The third-order valence-corrected chi connectivity index (χ3v) is 5.82. The summed E-state index contributed by atoms with van der Waals surface area (Å²) in [6.45, 7) is -0.101. The first-order chi connectivity index (χ1) is 13.1. The monoisotopic (exact) mass is 421 g/mol. The average molecular weight is 422 g/mol. The van der Waals surface area contributed by atoms with Gasteiger partial charge in [0.15, 0.2) is 0 Å².